The van der Waals surface area contributed by atoms with Gasteiger partial charge in [-0.15, -0.1) is 0 Å². The molecule has 1 aromatic heterocycles. The monoisotopic (exact) mass is 466 g/mol. The molecule has 0 fully saturated rings. The van der Waals surface area contributed by atoms with Gasteiger partial charge in [0.2, 0.25) is 0 Å². The first-order valence-corrected chi connectivity index (χ1v) is 11.3. The van der Waals surface area contributed by atoms with Gasteiger partial charge in [0.05, 0.1) is 30.8 Å². The molecule has 1 aliphatic heterocycles. The molecule has 0 aliphatic carbocycles. The summed E-state index contributed by atoms with van der Waals surface area (Å²) in [7, 11) is 0. The van der Waals surface area contributed by atoms with Crippen LogP contribution in [0.1, 0.15) is 49.3 Å². The third kappa shape index (κ3) is 4.45. The maximum atomic E-state index is 12.8. The molecule has 0 spiro atoms. The molecule has 3 aromatic rings. The lowest BCUT2D eigenvalue weighted by Gasteiger charge is -2.16. The summed E-state index contributed by atoms with van der Waals surface area (Å²) < 4.78 is 12.5. The van der Waals surface area contributed by atoms with E-state index in [0.717, 1.165) is 21.9 Å². The maximum Gasteiger partial charge on any atom is 0.341 e. The fraction of sp³-hybridized carbons (Fsp3) is 0.250. The number of nitrogens with zero attached hydrogens (tertiary/aromatic N) is 2. The average molecular weight is 467 g/mol. The van der Waals surface area contributed by atoms with Gasteiger partial charge in [-0.1, -0.05) is 29.5 Å². The molecule has 170 valence electrons. The minimum atomic E-state index is -0.608. The molecule has 0 saturated carbocycles. The number of rotatable bonds is 8. The SMILES string of the molecule is CCOc1ccc(CN2C(=O)c3ccccc3C2=O)cc1C(=O)OCCn1c(C)csc1=O. The van der Waals surface area contributed by atoms with Crippen LogP contribution in [0.5, 0.6) is 5.75 Å². The lowest BCUT2D eigenvalue weighted by molar-refractivity contribution is 0.0485. The Hall–Kier alpha value is -3.72. The zero-order chi connectivity index (χ0) is 23.5. The van der Waals surface area contributed by atoms with Crippen molar-refractivity contribution in [3.8, 4) is 5.75 Å². The fourth-order valence-electron chi connectivity index (χ4n) is 3.66. The minimum Gasteiger partial charge on any atom is -0.493 e. The number of hydrogen-bond acceptors (Lipinski definition) is 7. The van der Waals surface area contributed by atoms with Gasteiger partial charge >= 0.3 is 10.8 Å². The van der Waals surface area contributed by atoms with Crippen molar-refractivity contribution in [2.75, 3.05) is 13.2 Å². The highest BCUT2D eigenvalue weighted by Gasteiger charge is 2.35. The normalized spacial score (nSPS) is 12.7. The molecule has 8 nitrogen and oxygen atoms in total. The van der Waals surface area contributed by atoms with Crippen LogP contribution in [0, 0.1) is 6.92 Å². The number of carbonyl (C=O) groups is 3. The highest BCUT2D eigenvalue weighted by Crippen LogP contribution is 2.27. The predicted octanol–water partition coefficient (Wildman–Crippen LogP) is 3.27. The average Bonchev–Trinajstić information content (AvgIpc) is 3.26. The first-order valence-electron chi connectivity index (χ1n) is 10.4. The number of ether oxygens (including phenoxy) is 2. The van der Waals surface area contributed by atoms with Gasteiger partial charge in [0, 0.05) is 11.1 Å². The van der Waals surface area contributed by atoms with Crippen LogP contribution in [0.25, 0.3) is 0 Å². The van der Waals surface area contributed by atoms with Crippen molar-refractivity contribution in [1.29, 1.82) is 0 Å². The van der Waals surface area contributed by atoms with Gasteiger partial charge < -0.3 is 9.47 Å². The molecule has 0 atom stereocenters. The van der Waals surface area contributed by atoms with Crippen molar-refractivity contribution in [3.05, 3.63) is 85.5 Å². The summed E-state index contributed by atoms with van der Waals surface area (Å²) in [5.41, 5.74) is 2.32. The van der Waals surface area contributed by atoms with Crippen LogP contribution in [0.15, 0.2) is 52.6 Å². The zero-order valence-electron chi connectivity index (χ0n) is 18.2. The van der Waals surface area contributed by atoms with Crippen LogP contribution < -0.4 is 9.61 Å². The maximum absolute atomic E-state index is 12.8. The smallest absolute Gasteiger partial charge is 0.341 e. The number of carbonyl (C=O) groups excluding carboxylic acids is 3. The lowest BCUT2D eigenvalue weighted by Crippen LogP contribution is -2.29. The van der Waals surface area contributed by atoms with Crippen LogP contribution in [0.3, 0.4) is 0 Å². The molecular weight excluding hydrogens is 444 g/mol. The van der Waals surface area contributed by atoms with E-state index in [-0.39, 0.29) is 41.9 Å². The van der Waals surface area contributed by atoms with Gasteiger partial charge in [-0.2, -0.15) is 0 Å². The third-order valence-electron chi connectivity index (χ3n) is 5.31. The number of fused-ring (bicyclic) bond motifs is 1. The molecule has 1 aliphatic rings. The highest BCUT2D eigenvalue weighted by molar-refractivity contribution is 7.07. The van der Waals surface area contributed by atoms with Crippen molar-refractivity contribution >= 4 is 29.1 Å². The van der Waals surface area contributed by atoms with Crippen LogP contribution in [0.4, 0.5) is 0 Å². The Labute approximate surface area is 194 Å². The van der Waals surface area contributed by atoms with Gasteiger partial charge in [-0.3, -0.25) is 23.9 Å². The van der Waals surface area contributed by atoms with E-state index in [9.17, 15) is 19.2 Å². The third-order valence-corrected chi connectivity index (χ3v) is 6.19. The Morgan fingerprint density at radius 1 is 1.03 bits per heavy atom. The van der Waals surface area contributed by atoms with Crippen molar-refractivity contribution in [2.45, 2.75) is 26.9 Å². The molecule has 0 bridgehead atoms. The molecule has 0 radical (unpaired) electrons. The summed E-state index contributed by atoms with van der Waals surface area (Å²) in [6.07, 6.45) is 0. The Kier molecular flexibility index (Phi) is 6.41. The predicted molar refractivity (Wildman–Crippen MR) is 122 cm³/mol. The summed E-state index contributed by atoms with van der Waals surface area (Å²) in [5, 5.41) is 1.75. The zero-order valence-corrected chi connectivity index (χ0v) is 19.0. The van der Waals surface area contributed by atoms with Crippen molar-refractivity contribution in [2.24, 2.45) is 0 Å². The molecule has 33 heavy (non-hydrogen) atoms. The second kappa shape index (κ2) is 9.41. The lowest BCUT2D eigenvalue weighted by atomic mass is 10.1. The van der Waals surface area contributed by atoms with Crippen LogP contribution >= 0.6 is 11.3 Å². The summed E-state index contributed by atoms with van der Waals surface area (Å²) >= 11 is 1.10. The number of thiazole rings is 1. The van der Waals surface area contributed by atoms with E-state index in [1.807, 2.05) is 6.92 Å². The van der Waals surface area contributed by atoms with Gasteiger partial charge in [-0.05, 0) is 43.7 Å². The van der Waals surface area contributed by atoms with Crippen LogP contribution in [-0.2, 0) is 17.8 Å². The molecule has 2 heterocycles. The van der Waals surface area contributed by atoms with Gasteiger partial charge in [0.15, 0.2) is 0 Å². The number of imide groups is 1. The molecule has 2 amide bonds. The molecule has 0 saturated heterocycles. The van der Waals surface area contributed by atoms with E-state index in [1.165, 1.54) is 0 Å². The van der Waals surface area contributed by atoms with E-state index in [0.29, 0.717) is 29.0 Å². The number of benzene rings is 2. The molecule has 2 aromatic carbocycles. The van der Waals surface area contributed by atoms with E-state index in [1.54, 1.807) is 59.3 Å². The number of aryl methyl sites for hydroxylation is 1. The highest BCUT2D eigenvalue weighted by atomic mass is 32.1. The topological polar surface area (TPSA) is 94.9 Å². The van der Waals surface area contributed by atoms with Gasteiger partial charge in [0.1, 0.15) is 17.9 Å². The van der Waals surface area contributed by atoms with Crippen LogP contribution in [-0.4, -0.2) is 40.5 Å². The second-order valence-corrected chi connectivity index (χ2v) is 8.26. The molecule has 0 unspecified atom stereocenters. The summed E-state index contributed by atoms with van der Waals surface area (Å²) in [5.74, 6) is -1.00. The molecule has 9 heteroatoms. The Morgan fingerprint density at radius 2 is 1.73 bits per heavy atom. The number of esters is 1. The van der Waals surface area contributed by atoms with Gasteiger partial charge in [-0.25, -0.2) is 4.79 Å². The van der Waals surface area contributed by atoms with Crippen molar-refractivity contribution in [3.63, 3.8) is 0 Å². The molecule has 0 N–H and O–H groups in total. The summed E-state index contributed by atoms with van der Waals surface area (Å²) in [6, 6.07) is 11.6. The quantitative estimate of drug-likeness (QED) is 0.374. The van der Waals surface area contributed by atoms with E-state index < -0.39 is 5.97 Å². The Morgan fingerprint density at radius 3 is 2.33 bits per heavy atom. The second-order valence-electron chi connectivity index (χ2n) is 7.44. The first kappa shape index (κ1) is 22.5. The largest absolute Gasteiger partial charge is 0.493 e. The number of hydrogen-bond donors (Lipinski definition) is 0. The van der Waals surface area contributed by atoms with E-state index in [2.05, 4.69) is 0 Å². The Bertz CT molecular complexity index is 1260. The number of amides is 2. The summed E-state index contributed by atoms with van der Waals surface area (Å²) in [6.45, 7) is 4.25. The van der Waals surface area contributed by atoms with Crippen molar-refractivity contribution in [1.82, 2.24) is 9.47 Å². The van der Waals surface area contributed by atoms with Gasteiger partial charge in [0.25, 0.3) is 11.8 Å². The Balaban J connectivity index is 1.51. The molecular formula is C24H22N2O6S. The minimum absolute atomic E-state index is 0.0164. The van der Waals surface area contributed by atoms with Crippen LogP contribution in [0.2, 0.25) is 0 Å². The van der Waals surface area contributed by atoms with E-state index >= 15 is 0 Å². The number of aromatic nitrogens is 1. The van der Waals surface area contributed by atoms with E-state index in [4.69, 9.17) is 9.47 Å². The fourth-order valence-corrected chi connectivity index (χ4v) is 4.42. The first-order chi connectivity index (χ1) is 15.9. The van der Waals surface area contributed by atoms with Crippen molar-refractivity contribution < 1.29 is 23.9 Å². The molecule has 4 rings (SSSR count). The standard InChI is InChI=1S/C24H22N2O6S/c1-3-31-20-9-8-16(13-26-21(27)17-6-4-5-7-18(17)22(26)28)12-19(20)23(29)32-11-10-25-15(2)14-33-24(25)30/h4-9,12,14H,3,10-11,13H2,1-2H3. The summed E-state index contributed by atoms with van der Waals surface area (Å²) in [4.78, 5) is 51.0.